The van der Waals surface area contributed by atoms with Crippen molar-refractivity contribution in [3.63, 3.8) is 0 Å². The van der Waals surface area contributed by atoms with Crippen LogP contribution in [0.2, 0.25) is 0 Å². The van der Waals surface area contributed by atoms with Gasteiger partial charge in [0, 0.05) is 18.7 Å². The molecule has 1 aromatic heterocycles. The number of rotatable bonds is 8. The quantitative estimate of drug-likeness (QED) is 0.620. The Balaban J connectivity index is 1.57. The summed E-state index contributed by atoms with van der Waals surface area (Å²) in [6.45, 7) is 0.602. The molecular formula is C18H19N5O3S. The molecule has 0 radical (unpaired) electrons. The van der Waals surface area contributed by atoms with Crippen molar-refractivity contribution >= 4 is 27.3 Å². The third-order valence-corrected chi connectivity index (χ3v) is 5.11. The van der Waals surface area contributed by atoms with Crippen molar-refractivity contribution in [3.05, 3.63) is 67.3 Å². The Morgan fingerprint density at radius 2 is 1.81 bits per heavy atom. The lowest BCUT2D eigenvalue weighted by atomic mass is 10.2. The smallest absolute Gasteiger partial charge is 0.261 e. The Hall–Kier alpha value is -3.20. The van der Waals surface area contributed by atoms with Gasteiger partial charge in [0.2, 0.25) is 5.91 Å². The van der Waals surface area contributed by atoms with E-state index in [-0.39, 0.29) is 10.8 Å². The highest BCUT2D eigenvalue weighted by Crippen LogP contribution is 2.19. The van der Waals surface area contributed by atoms with E-state index in [0.717, 1.165) is 0 Å². The third-order valence-electron chi connectivity index (χ3n) is 3.71. The first-order valence-corrected chi connectivity index (χ1v) is 9.81. The van der Waals surface area contributed by atoms with Crippen LogP contribution in [0.5, 0.6) is 0 Å². The van der Waals surface area contributed by atoms with Gasteiger partial charge < -0.3 is 5.32 Å². The number of hydrogen-bond acceptors (Lipinski definition) is 5. The number of carbonyl (C=O) groups is 1. The molecule has 140 valence electrons. The van der Waals surface area contributed by atoms with Crippen molar-refractivity contribution in [1.82, 2.24) is 14.8 Å². The van der Waals surface area contributed by atoms with Gasteiger partial charge in [-0.25, -0.2) is 13.4 Å². The monoisotopic (exact) mass is 385 g/mol. The Labute approximate surface area is 157 Å². The zero-order chi connectivity index (χ0) is 19.1. The molecule has 27 heavy (non-hydrogen) atoms. The average molecular weight is 385 g/mol. The van der Waals surface area contributed by atoms with Crippen molar-refractivity contribution in [2.24, 2.45) is 0 Å². The van der Waals surface area contributed by atoms with Crippen LogP contribution >= 0.6 is 0 Å². The van der Waals surface area contributed by atoms with Crippen LogP contribution in [0.15, 0.2) is 72.1 Å². The number of nitrogens with one attached hydrogen (secondary N) is 2. The number of nitrogens with zero attached hydrogens (tertiary/aromatic N) is 3. The Kier molecular flexibility index (Phi) is 5.82. The fourth-order valence-corrected chi connectivity index (χ4v) is 3.52. The first-order valence-electron chi connectivity index (χ1n) is 8.33. The maximum atomic E-state index is 12.4. The minimum absolute atomic E-state index is 0.154. The largest absolute Gasteiger partial charge is 0.326 e. The molecular weight excluding hydrogens is 366 g/mol. The Bertz CT molecular complexity index is 989. The minimum atomic E-state index is -3.68. The van der Waals surface area contributed by atoms with E-state index in [9.17, 15) is 13.2 Å². The second kappa shape index (κ2) is 8.45. The Morgan fingerprint density at radius 1 is 1.04 bits per heavy atom. The number of aryl methyl sites for hydroxylation is 1. The van der Waals surface area contributed by atoms with Gasteiger partial charge in [0.05, 0.1) is 10.6 Å². The highest BCUT2D eigenvalue weighted by molar-refractivity contribution is 7.92. The number of sulfonamides is 1. The lowest BCUT2D eigenvalue weighted by Gasteiger charge is -2.10. The summed E-state index contributed by atoms with van der Waals surface area (Å²) in [5.41, 5.74) is 0.897. The molecule has 0 fully saturated rings. The normalized spacial score (nSPS) is 11.1. The summed E-state index contributed by atoms with van der Waals surface area (Å²) in [6, 6.07) is 14.7. The zero-order valence-corrected chi connectivity index (χ0v) is 15.3. The first kappa shape index (κ1) is 18.6. The molecule has 0 aliphatic heterocycles. The highest BCUT2D eigenvalue weighted by Gasteiger charge is 2.13. The summed E-state index contributed by atoms with van der Waals surface area (Å²) in [5.74, 6) is -0.154. The van der Waals surface area contributed by atoms with Crippen molar-refractivity contribution in [1.29, 1.82) is 0 Å². The first-order chi connectivity index (χ1) is 13.0. The molecule has 0 aliphatic carbocycles. The molecule has 3 aromatic rings. The molecule has 0 atom stereocenters. The summed E-state index contributed by atoms with van der Waals surface area (Å²) in [5, 5.41) is 6.75. The number of benzene rings is 2. The van der Waals surface area contributed by atoms with E-state index in [2.05, 4.69) is 20.1 Å². The van der Waals surface area contributed by atoms with Gasteiger partial charge >= 0.3 is 0 Å². The number of hydrogen-bond donors (Lipinski definition) is 2. The van der Waals surface area contributed by atoms with Gasteiger partial charge in [-0.2, -0.15) is 5.10 Å². The van der Waals surface area contributed by atoms with Gasteiger partial charge in [-0.1, -0.05) is 24.3 Å². The summed E-state index contributed by atoms with van der Waals surface area (Å²) in [6.07, 6.45) is 3.98. The number of anilines is 2. The molecule has 0 saturated heterocycles. The SMILES string of the molecule is O=C(CCCn1cncn1)Nc1cccc(NS(=O)(=O)c2ccccc2)c1. The maximum Gasteiger partial charge on any atom is 0.261 e. The van der Waals surface area contributed by atoms with Gasteiger partial charge in [-0.15, -0.1) is 0 Å². The van der Waals surface area contributed by atoms with Crippen LogP contribution < -0.4 is 10.0 Å². The average Bonchev–Trinajstić information content (AvgIpc) is 3.16. The van der Waals surface area contributed by atoms with Crippen molar-refractivity contribution in [2.45, 2.75) is 24.3 Å². The van der Waals surface area contributed by atoms with Crippen LogP contribution in [0.4, 0.5) is 11.4 Å². The van der Waals surface area contributed by atoms with Crippen molar-refractivity contribution in [3.8, 4) is 0 Å². The standard InChI is InChI=1S/C18H19N5O3S/c24-18(10-5-11-23-14-19-13-20-23)21-15-6-4-7-16(12-15)22-27(25,26)17-8-2-1-3-9-17/h1-4,6-9,12-14,22H,5,10-11H2,(H,21,24). The van der Waals surface area contributed by atoms with Crippen LogP contribution in [0.3, 0.4) is 0 Å². The van der Waals surface area contributed by atoms with Gasteiger partial charge in [0.25, 0.3) is 10.0 Å². The maximum absolute atomic E-state index is 12.4. The zero-order valence-electron chi connectivity index (χ0n) is 14.4. The number of amides is 1. The number of aromatic nitrogens is 3. The summed E-state index contributed by atoms with van der Waals surface area (Å²) >= 11 is 0. The van der Waals surface area contributed by atoms with Crippen molar-refractivity contribution < 1.29 is 13.2 Å². The van der Waals surface area contributed by atoms with E-state index < -0.39 is 10.0 Å². The molecule has 0 spiro atoms. The predicted octanol–water partition coefficient (Wildman–Crippen LogP) is 2.50. The molecule has 1 amide bonds. The summed E-state index contributed by atoms with van der Waals surface area (Å²) in [7, 11) is -3.68. The summed E-state index contributed by atoms with van der Waals surface area (Å²) in [4.78, 5) is 16.1. The van der Waals surface area contributed by atoms with Gasteiger partial charge in [-0.3, -0.25) is 14.2 Å². The predicted molar refractivity (Wildman–Crippen MR) is 102 cm³/mol. The molecule has 1 heterocycles. The lowest BCUT2D eigenvalue weighted by molar-refractivity contribution is -0.116. The Morgan fingerprint density at radius 3 is 2.56 bits per heavy atom. The third kappa shape index (κ3) is 5.38. The van der Waals surface area contributed by atoms with E-state index in [1.165, 1.54) is 18.5 Å². The fraction of sp³-hybridized carbons (Fsp3) is 0.167. The second-order valence-corrected chi connectivity index (χ2v) is 7.49. The van der Waals surface area contributed by atoms with Crippen LogP contribution in [0.1, 0.15) is 12.8 Å². The molecule has 9 heteroatoms. The molecule has 0 aliphatic rings. The van der Waals surface area contributed by atoms with Crippen LogP contribution in [0.25, 0.3) is 0 Å². The van der Waals surface area contributed by atoms with Crippen molar-refractivity contribution in [2.75, 3.05) is 10.0 Å². The molecule has 0 saturated carbocycles. The van der Waals surface area contributed by atoms with E-state index in [1.54, 1.807) is 53.5 Å². The van der Waals surface area contributed by atoms with Gasteiger partial charge in [0.15, 0.2) is 0 Å². The molecule has 2 aromatic carbocycles. The van der Waals surface area contributed by atoms with E-state index in [0.29, 0.717) is 30.8 Å². The number of carbonyl (C=O) groups excluding carboxylic acids is 1. The molecule has 2 N–H and O–H groups in total. The highest BCUT2D eigenvalue weighted by atomic mass is 32.2. The van der Waals surface area contributed by atoms with Crippen LogP contribution in [-0.2, 0) is 21.4 Å². The molecule has 3 rings (SSSR count). The minimum Gasteiger partial charge on any atom is -0.326 e. The van der Waals surface area contributed by atoms with E-state index >= 15 is 0 Å². The van der Waals surface area contributed by atoms with E-state index in [1.807, 2.05) is 0 Å². The second-order valence-electron chi connectivity index (χ2n) is 5.81. The van der Waals surface area contributed by atoms with Gasteiger partial charge in [-0.05, 0) is 36.8 Å². The topological polar surface area (TPSA) is 106 Å². The lowest BCUT2D eigenvalue weighted by Crippen LogP contribution is -2.14. The van der Waals surface area contributed by atoms with Crippen LogP contribution in [-0.4, -0.2) is 29.1 Å². The molecule has 0 unspecified atom stereocenters. The molecule has 0 bridgehead atoms. The van der Waals surface area contributed by atoms with E-state index in [4.69, 9.17) is 0 Å². The fourth-order valence-electron chi connectivity index (χ4n) is 2.45. The molecule has 8 nitrogen and oxygen atoms in total. The van der Waals surface area contributed by atoms with Crippen LogP contribution in [0, 0.1) is 0 Å². The van der Waals surface area contributed by atoms with Gasteiger partial charge in [0.1, 0.15) is 12.7 Å². The summed E-state index contributed by atoms with van der Waals surface area (Å²) < 4.78 is 28.9.